The van der Waals surface area contributed by atoms with Crippen LogP contribution in [0, 0.1) is 11.8 Å². The molecule has 0 aromatic carbocycles. The highest BCUT2D eigenvalue weighted by molar-refractivity contribution is 4.80. The third-order valence-electron chi connectivity index (χ3n) is 2.09. The minimum Gasteiger partial charge on any atom is -0.393 e. The molecule has 0 unspecified atom stereocenters. The van der Waals surface area contributed by atoms with Gasteiger partial charge in [0.25, 0.3) is 0 Å². The molecule has 48 valence electrons. The molecule has 0 spiro atoms. The zero-order chi connectivity index (χ0) is 6.15. The summed E-state index contributed by atoms with van der Waals surface area (Å²) in [6, 6.07) is 0. The lowest BCUT2D eigenvalue weighted by Crippen LogP contribution is -2.31. The molecule has 0 atom stereocenters. The molecule has 0 amide bonds. The second-order valence-electron chi connectivity index (χ2n) is 3.13. The van der Waals surface area contributed by atoms with E-state index in [0.29, 0.717) is 0 Å². The molecule has 1 nitrogen and oxygen atoms in total. The average molecular weight is 114 g/mol. The van der Waals surface area contributed by atoms with E-state index in [-0.39, 0.29) is 6.10 Å². The fourth-order valence-corrected chi connectivity index (χ4v) is 1.17. The normalized spacial score (nSPS) is 37.5. The van der Waals surface area contributed by atoms with Crippen LogP contribution in [0.3, 0.4) is 0 Å². The van der Waals surface area contributed by atoms with Gasteiger partial charge in [-0.3, -0.25) is 0 Å². The van der Waals surface area contributed by atoms with E-state index in [1.54, 1.807) is 0 Å². The van der Waals surface area contributed by atoms with Crippen LogP contribution in [-0.4, -0.2) is 11.2 Å². The number of aliphatic hydroxyl groups excluding tert-OH is 1. The number of aliphatic hydroxyl groups is 1. The van der Waals surface area contributed by atoms with Gasteiger partial charge in [-0.25, -0.2) is 0 Å². The molecule has 0 aliphatic heterocycles. The fraction of sp³-hybridized carbons (Fsp3) is 1.00. The second-order valence-corrected chi connectivity index (χ2v) is 3.13. The van der Waals surface area contributed by atoms with Crippen LogP contribution in [0.5, 0.6) is 0 Å². The van der Waals surface area contributed by atoms with Crippen molar-refractivity contribution in [2.75, 3.05) is 0 Å². The van der Waals surface area contributed by atoms with Gasteiger partial charge in [0.2, 0.25) is 0 Å². The van der Waals surface area contributed by atoms with E-state index < -0.39 is 0 Å². The lowest BCUT2D eigenvalue weighted by Gasteiger charge is -2.34. The summed E-state index contributed by atoms with van der Waals surface area (Å²) in [7, 11) is 0. The van der Waals surface area contributed by atoms with Gasteiger partial charge in [-0.2, -0.15) is 0 Å². The van der Waals surface area contributed by atoms with Gasteiger partial charge >= 0.3 is 0 Å². The van der Waals surface area contributed by atoms with Gasteiger partial charge in [0, 0.05) is 0 Å². The van der Waals surface area contributed by atoms with Gasteiger partial charge in [0.15, 0.2) is 0 Å². The summed E-state index contributed by atoms with van der Waals surface area (Å²) in [5, 5.41) is 8.87. The van der Waals surface area contributed by atoms with E-state index in [1.807, 2.05) is 0 Å². The minimum absolute atomic E-state index is 0.0300. The summed E-state index contributed by atoms with van der Waals surface area (Å²) in [6.07, 6.45) is 2.11. The van der Waals surface area contributed by atoms with Crippen LogP contribution in [0.25, 0.3) is 0 Å². The van der Waals surface area contributed by atoms with E-state index in [9.17, 15) is 0 Å². The maximum atomic E-state index is 8.87. The summed E-state index contributed by atoms with van der Waals surface area (Å²) in [5.74, 6) is 1.59. The Bertz CT molecular complexity index is 72.5. The van der Waals surface area contributed by atoms with Gasteiger partial charge in [0.1, 0.15) is 0 Å². The first kappa shape index (κ1) is 6.09. The first-order chi connectivity index (χ1) is 3.70. The van der Waals surface area contributed by atoms with Crippen molar-refractivity contribution in [3.05, 3.63) is 0 Å². The zero-order valence-corrected chi connectivity index (χ0v) is 5.59. The molecule has 1 saturated carbocycles. The van der Waals surface area contributed by atoms with Crippen molar-refractivity contribution < 1.29 is 5.11 Å². The molecule has 0 bridgehead atoms. The first-order valence-corrected chi connectivity index (χ1v) is 3.38. The Morgan fingerprint density at radius 3 is 2.00 bits per heavy atom. The Labute approximate surface area is 50.7 Å². The van der Waals surface area contributed by atoms with Crippen LogP contribution in [0.4, 0.5) is 0 Å². The van der Waals surface area contributed by atoms with E-state index in [2.05, 4.69) is 13.8 Å². The number of hydrogen-bond donors (Lipinski definition) is 1. The van der Waals surface area contributed by atoms with Crippen LogP contribution >= 0.6 is 0 Å². The van der Waals surface area contributed by atoms with Crippen LogP contribution in [-0.2, 0) is 0 Å². The summed E-state index contributed by atoms with van der Waals surface area (Å²) >= 11 is 0. The molecule has 1 aliphatic carbocycles. The maximum Gasteiger partial charge on any atom is 0.0545 e. The van der Waals surface area contributed by atoms with Gasteiger partial charge < -0.3 is 5.11 Å². The highest BCUT2D eigenvalue weighted by Gasteiger charge is 2.28. The topological polar surface area (TPSA) is 20.2 Å². The molecule has 0 aromatic heterocycles. The molecule has 0 saturated heterocycles. The van der Waals surface area contributed by atoms with Gasteiger partial charge in [0.05, 0.1) is 6.10 Å². The molecule has 1 rings (SSSR count). The Morgan fingerprint density at radius 1 is 1.38 bits per heavy atom. The Morgan fingerprint density at radius 2 is 1.88 bits per heavy atom. The van der Waals surface area contributed by atoms with E-state index in [0.717, 1.165) is 24.7 Å². The van der Waals surface area contributed by atoms with Crippen molar-refractivity contribution in [1.82, 2.24) is 0 Å². The van der Waals surface area contributed by atoms with Crippen molar-refractivity contribution in [3.8, 4) is 0 Å². The van der Waals surface area contributed by atoms with Crippen molar-refractivity contribution in [1.29, 1.82) is 0 Å². The second kappa shape index (κ2) is 2.06. The molecule has 1 aliphatic rings. The first-order valence-electron chi connectivity index (χ1n) is 3.38. The molecule has 0 heterocycles. The van der Waals surface area contributed by atoms with Crippen molar-refractivity contribution in [2.45, 2.75) is 32.8 Å². The van der Waals surface area contributed by atoms with E-state index >= 15 is 0 Å². The standard InChI is InChI=1S/C7H14O/c1-5(2)6-3-7(8)4-6/h5-8H,3-4H2,1-2H3/t6-,7-. The predicted molar refractivity (Wildman–Crippen MR) is 33.6 cm³/mol. The SMILES string of the molecule is CC(C)[C@H]1C[C@H](O)C1. The van der Waals surface area contributed by atoms with Crippen LogP contribution < -0.4 is 0 Å². The number of rotatable bonds is 1. The molecular weight excluding hydrogens is 100 g/mol. The maximum absolute atomic E-state index is 8.87. The van der Waals surface area contributed by atoms with Gasteiger partial charge in [-0.15, -0.1) is 0 Å². The van der Waals surface area contributed by atoms with E-state index in [4.69, 9.17) is 5.11 Å². The zero-order valence-electron chi connectivity index (χ0n) is 5.59. The van der Waals surface area contributed by atoms with Gasteiger partial charge in [-0.1, -0.05) is 13.8 Å². The van der Waals surface area contributed by atoms with Crippen LogP contribution in [0.2, 0.25) is 0 Å². The lowest BCUT2D eigenvalue weighted by molar-refractivity contribution is 0.0218. The third kappa shape index (κ3) is 1.03. The monoisotopic (exact) mass is 114 g/mol. The van der Waals surface area contributed by atoms with Crippen molar-refractivity contribution in [2.24, 2.45) is 11.8 Å². The molecule has 1 fully saturated rings. The highest BCUT2D eigenvalue weighted by Crippen LogP contribution is 2.32. The largest absolute Gasteiger partial charge is 0.393 e. The number of hydrogen-bond acceptors (Lipinski definition) is 1. The summed E-state index contributed by atoms with van der Waals surface area (Å²) in [5.41, 5.74) is 0. The molecule has 8 heavy (non-hydrogen) atoms. The van der Waals surface area contributed by atoms with Crippen molar-refractivity contribution in [3.63, 3.8) is 0 Å². The Balaban J connectivity index is 2.15. The fourth-order valence-electron chi connectivity index (χ4n) is 1.17. The average Bonchev–Trinajstić information content (AvgIpc) is 1.57. The molecule has 1 N–H and O–H groups in total. The van der Waals surface area contributed by atoms with Crippen LogP contribution in [0.1, 0.15) is 26.7 Å². The molecule has 0 radical (unpaired) electrons. The third-order valence-corrected chi connectivity index (χ3v) is 2.09. The summed E-state index contributed by atoms with van der Waals surface area (Å²) in [4.78, 5) is 0. The highest BCUT2D eigenvalue weighted by atomic mass is 16.3. The minimum atomic E-state index is 0.0300. The lowest BCUT2D eigenvalue weighted by atomic mass is 9.75. The molecule has 1 heteroatoms. The van der Waals surface area contributed by atoms with Crippen LogP contribution in [0.15, 0.2) is 0 Å². The Hall–Kier alpha value is -0.0400. The van der Waals surface area contributed by atoms with Crippen molar-refractivity contribution >= 4 is 0 Å². The van der Waals surface area contributed by atoms with Gasteiger partial charge in [-0.05, 0) is 24.7 Å². The predicted octanol–water partition coefficient (Wildman–Crippen LogP) is 1.41. The summed E-state index contributed by atoms with van der Waals surface area (Å²) < 4.78 is 0. The Kier molecular flexibility index (Phi) is 1.57. The quantitative estimate of drug-likeness (QED) is 0.546. The summed E-state index contributed by atoms with van der Waals surface area (Å²) in [6.45, 7) is 4.44. The van der Waals surface area contributed by atoms with E-state index in [1.165, 1.54) is 0 Å². The smallest absolute Gasteiger partial charge is 0.0545 e. The molecule has 0 aromatic rings. The molecular formula is C7H14O.